The predicted octanol–water partition coefficient (Wildman–Crippen LogP) is 4.97. The summed E-state index contributed by atoms with van der Waals surface area (Å²) in [6.07, 6.45) is 1.49. The second-order valence-electron chi connectivity index (χ2n) is 7.61. The van der Waals surface area contributed by atoms with Crippen LogP contribution in [0.5, 0.6) is 0 Å². The number of aryl methyl sites for hydroxylation is 1. The molecule has 1 atom stereocenters. The van der Waals surface area contributed by atoms with E-state index in [2.05, 4.69) is 4.72 Å². The topological polar surface area (TPSA) is 66.5 Å². The first-order chi connectivity index (χ1) is 14.8. The maximum atomic E-state index is 13.0. The molecule has 5 nitrogen and oxygen atoms in total. The third kappa shape index (κ3) is 4.66. The van der Waals surface area contributed by atoms with Crippen LogP contribution in [0.15, 0.2) is 77.7 Å². The number of hydrogen-bond donors (Lipinski definition) is 1. The van der Waals surface area contributed by atoms with Gasteiger partial charge >= 0.3 is 0 Å². The molecular formula is C24H23ClN2O3S. The second-order valence-corrected chi connectivity index (χ2v) is 9.76. The predicted molar refractivity (Wildman–Crippen MR) is 123 cm³/mol. The fourth-order valence-corrected chi connectivity index (χ4v) is 5.22. The maximum Gasteiger partial charge on any atom is 0.258 e. The third-order valence-corrected chi connectivity index (χ3v) is 7.24. The molecule has 3 aromatic carbocycles. The Balaban J connectivity index is 1.59. The lowest BCUT2D eigenvalue weighted by molar-refractivity contribution is 0.0985. The van der Waals surface area contributed by atoms with Gasteiger partial charge in [0.2, 0.25) is 10.0 Å². The largest absolute Gasteiger partial charge is 0.308 e. The van der Waals surface area contributed by atoms with Crippen LogP contribution >= 0.6 is 11.6 Å². The van der Waals surface area contributed by atoms with E-state index < -0.39 is 10.0 Å². The molecule has 1 N–H and O–H groups in total. The SMILES string of the molecule is C[C@@H](NS(=O)(=O)c1ccc2c(c1)CCCN2C(=O)c1ccc(Cl)cc1)c1ccccc1. The normalized spacial score (nSPS) is 14.7. The van der Waals surface area contributed by atoms with E-state index in [0.29, 0.717) is 17.1 Å². The Morgan fingerprint density at radius 1 is 1.03 bits per heavy atom. The summed E-state index contributed by atoms with van der Waals surface area (Å²) in [6.45, 7) is 2.40. The van der Waals surface area contributed by atoms with Crippen molar-refractivity contribution < 1.29 is 13.2 Å². The highest BCUT2D eigenvalue weighted by molar-refractivity contribution is 7.89. The molecule has 0 aromatic heterocycles. The minimum atomic E-state index is -3.70. The molecule has 1 aliphatic heterocycles. The lowest BCUT2D eigenvalue weighted by atomic mass is 10.0. The van der Waals surface area contributed by atoms with E-state index in [4.69, 9.17) is 11.6 Å². The summed E-state index contributed by atoms with van der Waals surface area (Å²) in [7, 11) is -3.70. The monoisotopic (exact) mass is 454 g/mol. The van der Waals surface area contributed by atoms with E-state index in [9.17, 15) is 13.2 Å². The second kappa shape index (κ2) is 8.83. The van der Waals surface area contributed by atoms with Crippen LogP contribution in [0.25, 0.3) is 0 Å². The zero-order chi connectivity index (χ0) is 22.0. The van der Waals surface area contributed by atoms with E-state index in [-0.39, 0.29) is 16.8 Å². The molecule has 0 saturated heterocycles. The molecule has 0 bridgehead atoms. The van der Waals surface area contributed by atoms with Crippen LogP contribution in [0.4, 0.5) is 5.69 Å². The number of nitrogens with zero attached hydrogens (tertiary/aromatic N) is 1. The lowest BCUT2D eigenvalue weighted by Crippen LogP contribution is -2.35. The summed E-state index contributed by atoms with van der Waals surface area (Å²) < 4.78 is 28.7. The average Bonchev–Trinajstić information content (AvgIpc) is 2.78. The molecule has 4 rings (SSSR count). The molecule has 1 amide bonds. The number of halogens is 1. The lowest BCUT2D eigenvalue weighted by Gasteiger charge is -2.30. The molecule has 0 aliphatic carbocycles. The number of amides is 1. The molecule has 31 heavy (non-hydrogen) atoms. The molecule has 0 radical (unpaired) electrons. The quantitative estimate of drug-likeness (QED) is 0.591. The van der Waals surface area contributed by atoms with Gasteiger partial charge in [-0.1, -0.05) is 41.9 Å². The van der Waals surface area contributed by atoms with Crippen molar-refractivity contribution in [1.82, 2.24) is 4.72 Å². The van der Waals surface area contributed by atoms with E-state index in [0.717, 1.165) is 29.7 Å². The number of hydrogen-bond acceptors (Lipinski definition) is 3. The number of rotatable bonds is 5. The van der Waals surface area contributed by atoms with E-state index in [1.165, 1.54) is 0 Å². The highest BCUT2D eigenvalue weighted by Crippen LogP contribution is 2.31. The summed E-state index contributed by atoms with van der Waals surface area (Å²) >= 11 is 5.93. The molecule has 0 fully saturated rings. The third-order valence-electron chi connectivity index (χ3n) is 5.45. The van der Waals surface area contributed by atoms with Gasteiger partial charge in [-0.3, -0.25) is 4.79 Å². The Bertz CT molecular complexity index is 1200. The molecule has 1 aliphatic rings. The standard InChI is InChI=1S/C24H23ClN2O3S/c1-17(18-6-3-2-4-7-18)26-31(29,30)22-13-14-23-20(16-22)8-5-15-27(23)24(28)19-9-11-21(25)12-10-19/h2-4,6-7,9-14,16-17,26H,5,8,15H2,1H3/t17-/m1/s1. The highest BCUT2D eigenvalue weighted by atomic mass is 35.5. The van der Waals surface area contributed by atoms with Crippen LogP contribution in [0.3, 0.4) is 0 Å². The zero-order valence-electron chi connectivity index (χ0n) is 17.1. The average molecular weight is 455 g/mol. The molecule has 0 unspecified atom stereocenters. The summed E-state index contributed by atoms with van der Waals surface area (Å²) in [5.74, 6) is -0.121. The molecule has 160 valence electrons. The van der Waals surface area contributed by atoms with Crippen molar-refractivity contribution in [1.29, 1.82) is 0 Å². The van der Waals surface area contributed by atoms with Crippen molar-refractivity contribution in [3.05, 3.63) is 94.5 Å². The number of nitrogens with one attached hydrogen (secondary N) is 1. The summed E-state index contributed by atoms with van der Waals surface area (Å²) in [6, 6.07) is 20.8. The van der Waals surface area contributed by atoms with Crippen molar-refractivity contribution in [2.24, 2.45) is 0 Å². The fourth-order valence-electron chi connectivity index (χ4n) is 3.81. The zero-order valence-corrected chi connectivity index (χ0v) is 18.7. The molecule has 0 saturated carbocycles. The number of benzene rings is 3. The fraction of sp³-hybridized carbons (Fsp3) is 0.208. The van der Waals surface area contributed by atoms with Gasteiger partial charge in [0.25, 0.3) is 5.91 Å². The Hall–Kier alpha value is -2.67. The minimum Gasteiger partial charge on any atom is -0.308 e. The van der Waals surface area contributed by atoms with E-state index in [1.54, 1.807) is 47.4 Å². The summed E-state index contributed by atoms with van der Waals surface area (Å²) in [4.78, 5) is 14.9. The Labute approximate surface area is 187 Å². The van der Waals surface area contributed by atoms with Crippen LogP contribution in [-0.2, 0) is 16.4 Å². The first kappa shape index (κ1) is 21.6. The molecular weight excluding hydrogens is 432 g/mol. The first-order valence-electron chi connectivity index (χ1n) is 10.1. The molecule has 3 aromatic rings. The van der Waals surface area contributed by atoms with Gasteiger partial charge < -0.3 is 4.90 Å². The number of carbonyl (C=O) groups is 1. The Kier molecular flexibility index (Phi) is 6.14. The molecule has 0 spiro atoms. The number of sulfonamides is 1. The van der Waals surface area contributed by atoms with Crippen LogP contribution in [-0.4, -0.2) is 20.9 Å². The van der Waals surface area contributed by atoms with Gasteiger partial charge in [-0.25, -0.2) is 13.1 Å². The first-order valence-corrected chi connectivity index (χ1v) is 12.0. The van der Waals surface area contributed by atoms with Gasteiger partial charge in [0.05, 0.1) is 4.90 Å². The van der Waals surface area contributed by atoms with Gasteiger partial charge in [0.15, 0.2) is 0 Å². The number of fused-ring (bicyclic) bond motifs is 1. The van der Waals surface area contributed by atoms with Gasteiger partial charge in [-0.2, -0.15) is 0 Å². The van der Waals surface area contributed by atoms with Crippen LogP contribution < -0.4 is 9.62 Å². The van der Waals surface area contributed by atoms with Crippen LogP contribution in [0.2, 0.25) is 5.02 Å². The maximum absolute atomic E-state index is 13.0. The van der Waals surface area contributed by atoms with Gasteiger partial charge in [-0.05, 0) is 73.4 Å². The van der Waals surface area contributed by atoms with Crippen LogP contribution in [0, 0.1) is 0 Å². The van der Waals surface area contributed by atoms with Crippen LogP contribution in [0.1, 0.15) is 40.9 Å². The summed E-state index contributed by atoms with van der Waals surface area (Å²) in [5, 5.41) is 0.572. The molecule has 1 heterocycles. The van der Waals surface area contributed by atoms with Crippen molar-refractivity contribution >= 4 is 33.2 Å². The number of carbonyl (C=O) groups excluding carboxylic acids is 1. The summed E-state index contributed by atoms with van der Waals surface area (Å²) in [5.41, 5.74) is 3.04. The van der Waals surface area contributed by atoms with E-state index >= 15 is 0 Å². The number of anilines is 1. The van der Waals surface area contributed by atoms with Crippen molar-refractivity contribution in [2.45, 2.75) is 30.7 Å². The van der Waals surface area contributed by atoms with E-state index in [1.807, 2.05) is 37.3 Å². The van der Waals surface area contributed by atoms with Crippen molar-refractivity contribution in [3.8, 4) is 0 Å². The highest BCUT2D eigenvalue weighted by Gasteiger charge is 2.26. The van der Waals surface area contributed by atoms with Gasteiger partial charge in [0, 0.05) is 28.9 Å². The molecule has 7 heteroatoms. The van der Waals surface area contributed by atoms with Crippen molar-refractivity contribution in [3.63, 3.8) is 0 Å². The van der Waals surface area contributed by atoms with Gasteiger partial charge in [-0.15, -0.1) is 0 Å². The Morgan fingerprint density at radius 3 is 2.45 bits per heavy atom. The minimum absolute atomic E-state index is 0.121. The van der Waals surface area contributed by atoms with Crippen molar-refractivity contribution in [2.75, 3.05) is 11.4 Å². The smallest absolute Gasteiger partial charge is 0.258 e. The Morgan fingerprint density at radius 2 is 1.74 bits per heavy atom. The van der Waals surface area contributed by atoms with Gasteiger partial charge in [0.1, 0.15) is 0 Å².